The second-order valence-corrected chi connectivity index (χ2v) is 9.49. The summed E-state index contributed by atoms with van der Waals surface area (Å²) in [5.74, 6) is 1.62. The van der Waals surface area contributed by atoms with Gasteiger partial charge in [-0.1, -0.05) is 12.1 Å². The van der Waals surface area contributed by atoms with Crippen molar-refractivity contribution in [3.05, 3.63) is 65.0 Å². The lowest BCUT2D eigenvalue weighted by Crippen LogP contribution is -2.32. The van der Waals surface area contributed by atoms with Gasteiger partial charge < -0.3 is 29.0 Å². The molecule has 2 aromatic carbocycles. The zero-order valence-corrected chi connectivity index (χ0v) is 22.8. The normalized spacial score (nSPS) is 12.6. The fourth-order valence-electron chi connectivity index (χ4n) is 4.46. The second-order valence-electron chi connectivity index (χ2n) is 9.49. The molecular formula is C29H35N3O7. The Labute approximate surface area is 228 Å². The van der Waals surface area contributed by atoms with Gasteiger partial charge in [0, 0.05) is 36.6 Å². The molecule has 0 radical (unpaired) electrons. The Balaban J connectivity index is 1.65. The zero-order valence-electron chi connectivity index (χ0n) is 22.8. The number of rotatable bonds is 14. The van der Waals surface area contributed by atoms with Gasteiger partial charge in [-0.05, 0) is 43.5 Å². The monoisotopic (exact) mass is 537 g/mol. The van der Waals surface area contributed by atoms with Crippen molar-refractivity contribution in [3.8, 4) is 23.0 Å². The molecule has 0 aliphatic heterocycles. The number of carboxylic acid groups (broad SMARTS) is 1. The van der Waals surface area contributed by atoms with E-state index in [4.69, 9.17) is 24.1 Å². The number of amides is 1. The van der Waals surface area contributed by atoms with Crippen LogP contribution in [0.5, 0.6) is 23.0 Å². The lowest BCUT2D eigenvalue weighted by molar-refractivity contribution is -0.137. The van der Waals surface area contributed by atoms with E-state index in [2.05, 4.69) is 5.10 Å². The van der Waals surface area contributed by atoms with Gasteiger partial charge in [-0.25, -0.2) is 0 Å². The van der Waals surface area contributed by atoms with Crippen LogP contribution in [0.25, 0.3) is 0 Å². The van der Waals surface area contributed by atoms with E-state index in [1.165, 1.54) is 0 Å². The Kier molecular flexibility index (Phi) is 8.96. The van der Waals surface area contributed by atoms with Crippen LogP contribution in [0.4, 0.5) is 0 Å². The highest BCUT2D eigenvalue weighted by Gasteiger charge is 2.30. The summed E-state index contributed by atoms with van der Waals surface area (Å²) in [5.41, 5.74) is 3.01. The minimum atomic E-state index is -0.873. The standard InChI is InChI=1S/C29H35N3O7/c1-31-24(16-23(30-31)19-10-11-19)29(35)32(17-20-12-13-22(36-2)15-26(20)37-3)18-21-7-5-8-25(28(21)38-4)39-14-6-9-27(33)34/h5,7-8,12-13,15-16,19H,6,9-11,14,17-18H2,1-4H3,(H,33,34). The van der Waals surface area contributed by atoms with Gasteiger partial charge in [0.05, 0.1) is 46.7 Å². The first-order chi connectivity index (χ1) is 18.8. The third-order valence-corrected chi connectivity index (χ3v) is 6.67. The molecule has 0 spiro atoms. The van der Waals surface area contributed by atoms with Crippen LogP contribution in [-0.4, -0.2) is 59.6 Å². The molecule has 0 unspecified atom stereocenters. The molecule has 208 valence electrons. The number of hydrogen-bond donors (Lipinski definition) is 1. The third-order valence-electron chi connectivity index (χ3n) is 6.67. The summed E-state index contributed by atoms with van der Waals surface area (Å²) in [6.45, 7) is 0.729. The molecule has 39 heavy (non-hydrogen) atoms. The van der Waals surface area contributed by atoms with E-state index in [9.17, 15) is 9.59 Å². The maximum atomic E-state index is 14.0. The van der Waals surface area contributed by atoms with Gasteiger partial charge in [0.1, 0.15) is 17.2 Å². The molecular weight excluding hydrogens is 502 g/mol. The maximum Gasteiger partial charge on any atom is 0.303 e. The van der Waals surface area contributed by atoms with Crippen molar-refractivity contribution in [1.29, 1.82) is 0 Å². The SMILES string of the molecule is COc1ccc(CN(Cc2cccc(OCCCC(=O)O)c2OC)C(=O)c2cc(C3CC3)nn2C)c(OC)c1. The summed E-state index contributed by atoms with van der Waals surface area (Å²) in [5, 5.41) is 13.5. The van der Waals surface area contributed by atoms with Crippen molar-refractivity contribution < 1.29 is 33.6 Å². The van der Waals surface area contributed by atoms with Crippen LogP contribution in [0, 0.1) is 0 Å². The molecule has 0 atom stereocenters. The molecule has 10 nitrogen and oxygen atoms in total. The molecule has 1 aromatic heterocycles. The van der Waals surface area contributed by atoms with Gasteiger partial charge in [-0.2, -0.15) is 5.10 Å². The summed E-state index contributed by atoms with van der Waals surface area (Å²) in [6.07, 6.45) is 2.57. The fraction of sp³-hybridized carbons (Fsp3) is 0.414. The van der Waals surface area contributed by atoms with Crippen LogP contribution < -0.4 is 18.9 Å². The Morgan fingerprint density at radius 1 is 1.00 bits per heavy atom. The fourth-order valence-corrected chi connectivity index (χ4v) is 4.46. The number of aliphatic carboxylic acids is 1. The van der Waals surface area contributed by atoms with Crippen LogP contribution in [0.1, 0.15) is 58.9 Å². The lowest BCUT2D eigenvalue weighted by atomic mass is 10.1. The van der Waals surface area contributed by atoms with Gasteiger partial charge in [0.25, 0.3) is 5.91 Å². The van der Waals surface area contributed by atoms with Crippen LogP contribution in [0.2, 0.25) is 0 Å². The van der Waals surface area contributed by atoms with Crippen LogP contribution in [-0.2, 0) is 24.9 Å². The smallest absolute Gasteiger partial charge is 0.303 e. The van der Waals surface area contributed by atoms with Gasteiger partial charge in [-0.3, -0.25) is 14.3 Å². The number of hydrogen-bond acceptors (Lipinski definition) is 7. The number of aromatic nitrogens is 2. The lowest BCUT2D eigenvalue weighted by Gasteiger charge is -2.25. The molecule has 1 aliphatic rings. The molecule has 3 aromatic rings. The zero-order chi connectivity index (χ0) is 27.9. The van der Waals surface area contributed by atoms with Crippen molar-refractivity contribution >= 4 is 11.9 Å². The summed E-state index contributed by atoms with van der Waals surface area (Å²) >= 11 is 0. The number of nitrogens with zero attached hydrogens (tertiary/aromatic N) is 3. The van der Waals surface area contributed by atoms with E-state index in [-0.39, 0.29) is 32.0 Å². The molecule has 10 heteroatoms. The average Bonchev–Trinajstić information content (AvgIpc) is 3.71. The summed E-state index contributed by atoms with van der Waals surface area (Å²) in [4.78, 5) is 26.6. The van der Waals surface area contributed by atoms with E-state index in [0.717, 1.165) is 29.7 Å². The predicted molar refractivity (Wildman–Crippen MR) is 144 cm³/mol. The highest BCUT2D eigenvalue weighted by atomic mass is 16.5. The molecule has 1 amide bonds. The van der Waals surface area contributed by atoms with Gasteiger partial charge in [0.2, 0.25) is 0 Å². The number of carbonyl (C=O) groups is 2. The third kappa shape index (κ3) is 6.81. The molecule has 1 saturated carbocycles. The topological polar surface area (TPSA) is 112 Å². The van der Waals surface area contributed by atoms with Crippen LogP contribution in [0.3, 0.4) is 0 Å². The molecule has 1 fully saturated rings. The first kappa shape index (κ1) is 27.8. The first-order valence-corrected chi connectivity index (χ1v) is 12.9. The molecule has 0 saturated heterocycles. The summed E-state index contributed by atoms with van der Waals surface area (Å²) < 4.78 is 24.1. The van der Waals surface area contributed by atoms with E-state index >= 15 is 0 Å². The van der Waals surface area contributed by atoms with E-state index in [1.54, 1.807) is 50.1 Å². The van der Waals surface area contributed by atoms with Crippen molar-refractivity contribution in [3.63, 3.8) is 0 Å². The number of ether oxygens (including phenoxy) is 4. The Morgan fingerprint density at radius 2 is 1.77 bits per heavy atom. The Hall–Kier alpha value is -4.21. The van der Waals surface area contributed by atoms with Gasteiger partial charge in [-0.15, -0.1) is 0 Å². The minimum absolute atomic E-state index is 0.0154. The van der Waals surface area contributed by atoms with Crippen molar-refractivity contribution in [2.45, 2.75) is 44.7 Å². The predicted octanol–water partition coefficient (Wildman–Crippen LogP) is 4.41. The molecule has 4 rings (SSSR count). The molecule has 0 bridgehead atoms. The van der Waals surface area contributed by atoms with E-state index < -0.39 is 5.97 Å². The number of carbonyl (C=O) groups excluding carboxylic acids is 1. The number of benzene rings is 2. The molecule has 1 N–H and O–H groups in total. The van der Waals surface area contributed by atoms with Crippen molar-refractivity contribution in [1.82, 2.24) is 14.7 Å². The highest BCUT2D eigenvalue weighted by Crippen LogP contribution is 2.39. The summed E-state index contributed by atoms with van der Waals surface area (Å²) in [6, 6.07) is 12.9. The largest absolute Gasteiger partial charge is 0.497 e. The highest BCUT2D eigenvalue weighted by molar-refractivity contribution is 5.92. The minimum Gasteiger partial charge on any atom is -0.497 e. The van der Waals surface area contributed by atoms with E-state index in [0.29, 0.717) is 41.0 Å². The summed E-state index contributed by atoms with van der Waals surface area (Å²) in [7, 11) is 6.51. The number of methoxy groups -OCH3 is 3. The molecule has 1 heterocycles. The number of aryl methyl sites for hydroxylation is 1. The number of para-hydroxylation sites is 1. The van der Waals surface area contributed by atoms with Crippen LogP contribution >= 0.6 is 0 Å². The van der Waals surface area contributed by atoms with Gasteiger partial charge >= 0.3 is 5.97 Å². The quantitative estimate of drug-likeness (QED) is 0.301. The second kappa shape index (κ2) is 12.6. The van der Waals surface area contributed by atoms with Crippen LogP contribution in [0.15, 0.2) is 42.5 Å². The number of carboxylic acids is 1. The average molecular weight is 538 g/mol. The van der Waals surface area contributed by atoms with E-state index in [1.807, 2.05) is 30.3 Å². The van der Waals surface area contributed by atoms with Gasteiger partial charge in [0.15, 0.2) is 11.5 Å². The first-order valence-electron chi connectivity index (χ1n) is 12.9. The Morgan fingerprint density at radius 3 is 2.44 bits per heavy atom. The molecule has 1 aliphatic carbocycles. The maximum absolute atomic E-state index is 14.0. The van der Waals surface area contributed by atoms with Crippen molar-refractivity contribution in [2.24, 2.45) is 7.05 Å². The van der Waals surface area contributed by atoms with Crippen molar-refractivity contribution in [2.75, 3.05) is 27.9 Å². The Bertz CT molecular complexity index is 1320.